The molecule has 1 fully saturated rings. The lowest BCUT2D eigenvalue weighted by molar-refractivity contribution is -0.0132. The number of ether oxygens (including phenoxy) is 1. The van der Waals surface area contributed by atoms with Crippen molar-refractivity contribution in [1.82, 2.24) is 0 Å². The number of nitrogens with two attached hydrogens (primary N) is 1. The Kier molecular flexibility index (Phi) is 6.08. The summed E-state index contributed by atoms with van der Waals surface area (Å²) in [5.41, 5.74) is 0. The summed E-state index contributed by atoms with van der Waals surface area (Å²) >= 11 is 0. The van der Waals surface area contributed by atoms with Crippen molar-refractivity contribution < 1.29 is 13.2 Å². The highest BCUT2D eigenvalue weighted by atomic mass is 32.2. The van der Waals surface area contributed by atoms with Crippen LogP contribution >= 0.6 is 0 Å². The molecule has 108 valence electrons. The number of sulfonamides is 1. The highest BCUT2D eigenvalue weighted by Gasteiger charge is 2.25. The molecule has 2 N–H and O–H groups in total. The number of rotatable bonds is 6. The van der Waals surface area contributed by atoms with Gasteiger partial charge in [-0.05, 0) is 37.0 Å². The molecule has 1 saturated carbocycles. The quantitative estimate of drug-likeness (QED) is 0.808. The van der Waals surface area contributed by atoms with Gasteiger partial charge in [-0.3, -0.25) is 0 Å². The zero-order valence-corrected chi connectivity index (χ0v) is 12.6. The Morgan fingerprint density at radius 1 is 1.22 bits per heavy atom. The van der Waals surface area contributed by atoms with E-state index < -0.39 is 10.0 Å². The maximum atomic E-state index is 11.1. The van der Waals surface area contributed by atoms with Crippen LogP contribution in [0.4, 0.5) is 0 Å². The van der Waals surface area contributed by atoms with Gasteiger partial charge in [0.15, 0.2) is 0 Å². The van der Waals surface area contributed by atoms with E-state index in [-0.39, 0.29) is 11.7 Å². The van der Waals surface area contributed by atoms with Gasteiger partial charge in [0.2, 0.25) is 10.0 Å². The molecule has 1 aliphatic carbocycles. The molecular weight excluding hydrogens is 250 g/mol. The Morgan fingerprint density at radius 2 is 1.78 bits per heavy atom. The van der Waals surface area contributed by atoms with Crippen LogP contribution in [0.3, 0.4) is 0 Å². The van der Waals surface area contributed by atoms with Crippen LogP contribution < -0.4 is 5.14 Å². The molecule has 0 aromatic carbocycles. The monoisotopic (exact) mass is 277 g/mol. The molecular formula is C13H27NO3S. The lowest BCUT2D eigenvalue weighted by atomic mass is 9.82. The number of hydrogen-bond donors (Lipinski definition) is 1. The Bertz CT molecular complexity index is 332. The molecule has 18 heavy (non-hydrogen) atoms. The number of hydrogen-bond acceptors (Lipinski definition) is 3. The first kappa shape index (κ1) is 15.9. The lowest BCUT2D eigenvalue weighted by Gasteiger charge is -2.32. The van der Waals surface area contributed by atoms with Crippen LogP contribution in [-0.2, 0) is 14.8 Å². The molecule has 5 heteroatoms. The topological polar surface area (TPSA) is 69.4 Å². The van der Waals surface area contributed by atoms with Gasteiger partial charge in [0.1, 0.15) is 0 Å². The average molecular weight is 277 g/mol. The van der Waals surface area contributed by atoms with E-state index in [0.29, 0.717) is 24.5 Å². The first-order valence-corrected chi connectivity index (χ1v) is 8.63. The Hall–Kier alpha value is -0.130. The van der Waals surface area contributed by atoms with Crippen LogP contribution in [0.25, 0.3) is 0 Å². The minimum atomic E-state index is -3.39. The maximum absolute atomic E-state index is 11.1. The fourth-order valence-electron chi connectivity index (χ4n) is 2.89. The zero-order valence-electron chi connectivity index (χ0n) is 11.8. The third-order valence-electron chi connectivity index (χ3n) is 3.75. The molecule has 0 radical (unpaired) electrons. The van der Waals surface area contributed by atoms with E-state index in [1.807, 2.05) is 6.92 Å². The predicted molar refractivity (Wildman–Crippen MR) is 73.7 cm³/mol. The van der Waals surface area contributed by atoms with E-state index in [9.17, 15) is 8.42 Å². The molecule has 0 bridgehead atoms. The van der Waals surface area contributed by atoms with E-state index in [4.69, 9.17) is 9.88 Å². The van der Waals surface area contributed by atoms with Gasteiger partial charge in [-0.1, -0.05) is 27.2 Å². The van der Waals surface area contributed by atoms with Crippen molar-refractivity contribution in [2.45, 2.75) is 52.6 Å². The first-order valence-electron chi connectivity index (χ1n) is 6.92. The van der Waals surface area contributed by atoms with Gasteiger partial charge in [0.05, 0.1) is 18.5 Å². The molecule has 0 heterocycles. The normalized spacial score (nSPS) is 31.2. The van der Waals surface area contributed by atoms with Crippen LogP contribution in [0.1, 0.15) is 46.5 Å². The zero-order chi connectivity index (χ0) is 13.8. The van der Waals surface area contributed by atoms with Gasteiger partial charge in [0, 0.05) is 0 Å². The second-order valence-electron chi connectivity index (χ2n) is 5.98. The van der Waals surface area contributed by atoms with E-state index >= 15 is 0 Å². The van der Waals surface area contributed by atoms with Crippen molar-refractivity contribution in [3.63, 3.8) is 0 Å². The molecule has 0 aliphatic heterocycles. The van der Waals surface area contributed by atoms with Crippen LogP contribution in [0.2, 0.25) is 0 Å². The van der Waals surface area contributed by atoms with E-state index in [1.165, 1.54) is 6.42 Å². The van der Waals surface area contributed by atoms with Crippen molar-refractivity contribution >= 4 is 10.0 Å². The Labute approximate surface area is 111 Å². The molecule has 0 spiro atoms. The summed E-state index contributed by atoms with van der Waals surface area (Å²) in [5.74, 6) is 1.46. The highest BCUT2D eigenvalue weighted by molar-refractivity contribution is 7.89. The van der Waals surface area contributed by atoms with Crippen molar-refractivity contribution in [2.24, 2.45) is 22.9 Å². The summed E-state index contributed by atoms with van der Waals surface area (Å²) in [6.07, 6.45) is 4.53. The molecule has 4 nitrogen and oxygen atoms in total. The van der Waals surface area contributed by atoms with E-state index in [2.05, 4.69) is 13.8 Å². The minimum absolute atomic E-state index is 0.0209. The van der Waals surface area contributed by atoms with Crippen LogP contribution in [-0.4, -0.2) is 26.9 Å². The molecule has 3 atom stereocenters. The van der Waals surface area contributed by atoms with Gasteiger partial charge in [-0.15, -0.1) is 0 Å². The molecule has 3 unspecified atom stereocenters. The third-order valence-corrected chi connectivity index (χ3v) is 4.68. The SMILES string of the molecule is CCC(COC1CC(C)CC(C)C1)CS(N)(=O)=O. The van der Waals surface area contributed by atoms with Gasteiger partial charge >= 0.3 is 0 Å². The summed E-state index contributed by atoms with van der Waals surface area (Å²) in [7, 11) is -3.39. The highest BCUT2D eigenvalue weighted by Crippen LogP contribution is 2.30. The van der Waals surface area contributed by atoms with Crippen molar-refractivity contribution in [1.29, 1.82) is 0 Å². The lowest BCUT2D eigenvalue weighted by Crippen LogP contribution is -2.31. The van der Waals surface area contributed by atoms with Gasteiger partial charge in [0.25, 0.3) is 0 Å². The largest absolute Gasteiger partial charge is 0.378 e. The molecule has 0 aromatic rings. The molecule has 0 amide bonds. The number of primary sulfonamides is 1. The maximum Gasteiger partial charge on any atom is 0.209 e. The predicted octanol–water partition coefficient (Wildman–Crippen LogP) is 2.14. The fraction of sp³-hybridized carbons (Fsp3) is 1.00. The van der Waals surface area contributed by atoms with Crippen LogP contribution in [0.5, 0.6) is 0 Å². The van der Waals surface area contributed by atoms with E-state index in [1.54, 1.807) is 0 Å². The van der Waals surface area contributed by atoms with Gasteiger partial charge < -0.3 is 4.74 Å². The van der Waals surface area contributed by atoms with Crippen molar-refractivity contribution in [3.05, 3.63) is 0 Å². The Balaban J connectivity index is 2.38. The molecule has 0 saturated heterocycles. The van der Waals surface area contributed by atoms with Gasteiger partial charge in [-0.25, -0.2) is 13.6 Å². The third kappa shape index (κ3) is 6.16. The summed E-state index contributed by atoms with van der Waals surface area (Å²) < 4.78 is 28.1. The molecule has 1 rings (SSSR count). The fourth-order valence-corrected chi connectivity index (χ4v) is 3.88. The summed E-state index contributed by atoms with van der Waals surface area (Å²) in [4.78, 5) is 0. The first-order chi connectivity index (χ1) is 8.30. The smallest absolute Gasteiger partial charge is 0.209 e. The van der Waals surface area contributed by atoms with Crippen LogP contribution in [0.15, 0.2) is 0 Å². The van der Waals surface area contributed by atoms with Crippen molar-refractivity contribution in [3.8, 4) is 0 Å². The second kappa shape index (κ2) is 6.87. The van der Waals surface area contributed by atoms with Crippen LogP contribution in [0, 0.1) is 17.8 Å². The molecule has 1 aliphatic rings. The summed E-state index contributed by atoms with van der Waals surface area (Å²) in [6.45, 7) is 7.00. The second-order valence-corrected chi connectivity index (χ2v) is 7.64. The van der Waals surface area contributed by atoms with Crippen molar-refractivity contribution in [2.75, 3.05) is 12.4 Å². The van der Waals surface area contributed by atoms with Gasteiger partial charge in [-0.2, -0.15) is 0 Å². The summed E-state index contributed by atoms with van der Waals surface area (Å²) in [5, 5.41) is 5.08. The average Bonchev–Trinajstić information content (AvgIpc) is 2.21. The standard InChI is InChI=1S/C13H27NO3S/c1-4-12(9-18(14,15)16)8-17-13-6-10(2)5-11(3)7-13/h10-13H,4-9H2,1-3H3,(H2,14,15,16). The Morgan fingerprint density at radius 3 is 2.22 bits per heavy atom. The van der Waals surface area contributed by atoms with E-state index in [0.717, 1.165) is 19.3 Å². The molecule has 0 aromatic heterocycles. The minimum Gasteiger partial charge on any atom is -0.378 e. The summed E-state index contributed by atoms with van der Waals surface area (Å²) in [6, 6.07) is 0.